The first-order chi connectivity index (χ1) is 11.7. The molecule has 0 saturated heterocycles. The fourth-order valence-electron chi connectivity index (χ4n) is 2.73. The zero-order valence-corrected chi connectivity index (χ0v) is 14.1. The number of nitrogens with two attached hydrogens (primary N) is 1. The second-order valence-electron chi connectivity index (χ2n) is 5.62. The van der Waals surface area contributed by atoms with Crippen LogP contribution < -0.4 is 10.6 Å². The second-order valence-corrected chi connectivity index (χ2v) is 6.54. The lowest BCUT2D eigenvalue weighted by Gasteiger charge is -2.13. The van der Waals surface area contributed by atoms with Crippen molar-refractivity contribution in [3.05, 3.63) is 65.0 Å². The number of rotatable bonds is 5. The minimum Gasteiger partial charge on any atom is -0.332 e. The summed E-state index contributed by atoms with van der Waals surface area (Å²) in [4.78, 5) is 12.1. The Hall–Kier alpha value is -2.68. The van der Waals surface area contributed by atoms with Gasteiger partial charge in [-0.1, -0.05) is 42.5 Å². The molecule has 0 aliphatic heterocycles. The quantitative estimate of drug-likeness (QED) is 0.752. The van der Waals surface area contributed by atoms with E-state index in [1.807, 2.05) is 23.5 Å². The topological polar surface area (TPSA) is 69.5 Å². The molecule has 4 nitrogen and oxygen atoms in total. The number of nitriles is 1. The third kappa shape index (κ3) is 3.46. The summed E-state index contributed by atoms with van der Waals surface area (Å²) in [5.74, 6) is -0.0963. The van der Waals surface area contributed by atoms with Gasteiger partial charge in [-0.15, -0.1) is 11.3 Å². The number of nitrogens with zero attached hydrogens (tertiary/aromatic N) is 1. The molecule has 0 aliphatic rings. The molecule has 0 bridgehead atoms. The Balaban J connectivity index is 1.66. The van der Waals surface area contributed by atoms with Gasteiger partial charge in [0.2, 0.25) is 0 Å². The third-order valence-electron chi connectivity index (χ3n) is 4.01. The van der Waals surface area contributed by atoms with Gasteiger partial charge in [-0.3, -0.25) is 4.79 Å². The first kappa shape index (κ1) is 16.2. The highest BCUT2D eigenvalue weighted by Gasteiger charge is 2.15. The molecule has 3 N–H and O–H groups in total. The molecule has 0 fully saturated rings. The van der Waals surface area contributed by atoms with Crippen molar-refractivity contribution in [2.75, 3.05) is 11.9 Å². The van der Waals surface area contributed by atoms with Crippen molar-refractivity contribution in [2.24, 2.45) is 0 Å². The number of nitrogens with one attached hydrogen (secondary N) is 1. The second kappa shape index (κ2) is 7.26. The van der Waals surface area contributed by atoms with E-state index in [1.54, 1.807) is 11.4 Å². The molecule has 1 amide bonds. The largest absolute Gasteiger partial charge is 0.332 e. The van der Waals surface area contributed by atoms with E-state index in [2.05, 4.69) is 42.6 Å². The van der Waals surface area contributed by atoms with Gasteiger partial charge in [0.05, 0.1) is 5.56 Å². The van der Waals surface area contributed by atoms with Crippen LogP contribution in [0.5, 0.6) is 0 Å². The first-order valence-corrected chi connectivity index (χ1v) is 8.65. The van der Waals surface area contributed by atoms with E-state index >= 15 is 0 Å². The van der Waals surface area contributed by atoms with Gasteiger partial charge in [0.1, 0.15) is 17.1 Å². The molecule has 3 aromatic rings. The summed E-state index contributed by atoms with van der Waals surface area (Å²) in [5.41, 5.74) is 1.73. The number of benzene rings is 2. The summed E-state index contributed by atoms with van der Waals surface area (Å²) < 4.78 is 0. The molecule has 3 rings (SSSR count). The number of quaternary nitrogens is 1. The van der Waals surface area contributed by atoms with E-state index in [-0.39, 0.29) is 11.9 Å². The fraction of sp³-hybridized carbons (Fsp3) is 0.158. The van der Waals surface area contributed by atoms with Crippen molar-refractivity contribution in [1.82, 2.24) is 0 Å². The molecule has 24 heavy (non-hydrogen) atoms. The predicted molar refractivity (Wildman–Crippen MR) is 96.8 cm³/mol. The minimum absolute atomic E-state index is 0.0963. The van der Waals surface area contributed by atoms with Crippen LogP contribution in [-0.2, 0) is 4.79 Å². The van der Waals surface area contributed by atoms with E-state index in [0.717, 1.165) is 0 Å². The highest BCUT2D eigenvalue weighted by Crippen LogP contribution is 2.23. The van der Waals surface area contributed by atoms with Crippen molar-refractivity contribution < 1.29 is 10.1 Å². The van der Waals surface area contributed by atoms with Gasteiger partial charge >= 0.3 is 0 Å². The van der Waals surface area contributed by atoms with Gasteiger partial charge in [0, 0.05) is 5.56 Å². The number of hydrogen-bond acceptors (Lipinski definition) is 3. The van der Waals surface area contributed by atoms with Gasteiger partial charge < -0.3 is 10.6 Å². The van der Waals surface area contributed by atoms with Crippen molar-refractivity contribution >= 4 is 33.0 Å². The van der Waals surface area contributed by atoms with E-state index in [0.29, 0.717) is 17.1 Å². The number of fused-ring (bicyclic) bond motifs is 1. The molecule has 5 heteroatoms. The van der Waals surface area contributed by atoms with E-state index < -0.39 is 0 Å². The van der Waals surface area contributed by atoms with Crippen LogP contribution in [0.25, 0.3) is 10.8 Å². The summed E-state index contributed by atoms with van der Waals surface area (Å²) in [6, 6.07) is 18.5. The Labute approximate surface area is 144 Å². The van der Waals surface area contributed by atoms with E-state index in [9.17, 15) is 4.79 Å². The number of anilines is 1. The summed E-state index contributed by atoms with van der Waals surface area (Å²) in [7, 11) is 0. The normalized spacial score (nSPS) is 11.8. The lowest BCUT2D eigenvalue weighted by Crippen LogP contribution is -2.86. The number of carbonyl (C=O) groups excluding carboxylic acids is 1. The molecule has 2 aromatic carbocycles. The molecular formula is C19H18N3OS+. The molecule has 0 spiro atoms. The lowest BCUT2D eigenvalue weighted by molar-refractivity contribution is -0.682. The smallest absolute Gasteiger partial charge is 0.280 e. The zero-order chi connectivity index (χ0) is 16.9. The molecule has 0 aliphatic carbocycles. The van der Waals surface area contributed by atoms with Crippen LogP contribution >= 0.6 is 11.3 Å². The van der Waals surface area contributed by atoms with Crippen LogP contribution in [0, 0.1) is 11.3 Å². The SMILES string of the molecule is C[C@@H]([NH2+]CC(=O)Nc1sccc1C#N)c1cccc2ccccc12. The Bertz CT molecular complexity index is 905. The summed E-state index contributed by atoms with van der Waals surface area (Å²) in [6.45, 7) is 2.41. The predicted octanol–water partition coefficient (Wildman–Crippen LogP) is 3.04. The maximum Gasteiger partial charge on any atom is 0.280 e. The monoisotopic (exact) mass is 336 g/mol. The van der Waals surface area contributed by atoms with Crippen molar-refractivity contribution in [3.63, 3.8) is 0 Å². The molecule has 0 radical (unpaired) electrons. The van der Waals surface area contributed by atoms with Crippen LogP contribution in [-0.4, -0.2) is 12.5 Å². The molecule has 1 atom stereocenters. The molecule has 0 saturated carbocycles. The Morgan fingerprint density at radius 2 is 2.04 bits per heavy atom. The molecular weight excluding hydrogens is 318 g/mol. The fourth-order valence-corrected chi connectivity index (χ4v) is 3.48. The van der Waals surface area contributed by atoms with Gasteiger partial charge in [-0.25, -0.2) is 0 Å². The van der Waals surface area contributed by atoms with Gasteiger partial charge in [-0.2, -0.15) is 5.26 Å². The van der Waals surface area contributed by atoms with Gasteiger partial charge in [0.15, 0.2) is 6.54 Å². The maximum absolute atomic E-state index is 12.1. The highest BCUT2D eigenvalue weighted by molar-refractivity contribution is 7.14. The van der Waals surface area contributed by atoms with Crippen LogP contribution in [0.1, 0.15) is 24.1 Å². The molecule has 1 aromatic heterocycles. The van der Waals surface area contributed by atoms with E-state index in [1.165, 1.54) is 27.7 Å². The third-order valence-corrected chi connectivity index (χ3v) is 4.84. The first-order valence-electron chi connectivity index (χ1n) is 7.77. The summed E-state index contributed by atoms with van der Waals surface area (Å²) in [6.07, 6.45) is 0. The molecule has 1 heterocycles. The van der Waals surface area contributed by atoms with Crippen molar-refractivity contribution in [1.29, 1.82) is 5.26 Å². The maximum atomic E-state index is 12.1. The van der Waals surface area contributed by atoms with E-state index in [4.69, 9.17) is 5.26 Å². The van der Waals surface area contributed by atoms with Crippen molar-refractivity contribution in [3.8, 4) is 6.07 Å². The molecule has 120 valence electrons. The highest BCUT2D eigenvalue weighted by atomic mass is 32.1. The van der Waals surface area contributed by atoms with Crippen LogP contribution in [0.2, 0.25) is 0 Å². The van der Waals surface area contributed by atoms with Crippen molar-refractivity contribution in [2.45, 2.75) is 13.0 Å². The average molecular weight is 336 g/mol. The lowest BCUT2D eigenvalue weighted by atomic mass is 10.00. The van der Waals surface area contributed by atoms with Crippen LogP contribution in [0.4, 0.5) is 5.00 Å². The number of thiophene rings is 1. The van der Waals surface area contributed by atoms with Crippen LogP contribution in [0.15, 0.2) is 53.9 Å². The molecule has 0 unspecified atom stereocenters. The summed E-state index contributed by atoms with van der Waals surface area (Å²) in [5, 5.41) is 18.7. The van der Waals surface area contributed by atoms with Gasteiger partial charge in [0.25, 0.3) is 5.91 Å². The zero-order valence-electron chi connectivity index (χ0n) is 13.3. The Kier molecular flexibility index (Phi) is 4.90. The average Bonchev–Trinajstić information content (AvgIpc) is 3.06. The minimum atomic E-state index is -0.0963. The number of hydrogen-bond donors (Lipinski definition) is 2. The summed E-state index contributed by atoms with van der Waals surface area (Å²) >= 11 is 1.37. The Morgan fingerprint density at radius 1 is 1.25 bits per heavy atom. The number of amides is 1. The number of carbonyl (C=O) groups is 1. The van der Waals surface area contributed by atoms with Gasteiger partial charge in [-0.05, 0) is 29.1 Å². The van der Waals surface area contributed by atoms with Crippen LogP contribution in [0.3, 0.4) is 0 Å². The Morgan fingerprint density at radius 3 is 2.88 bits per heavy atom. The standard InChI is InChI=1S/C19H17N3OS/c1-13(16-8-4-6-14-5-2-3-7-17(14)16)21-12-18(23)22-19-15(11-20)9-10-24-19/h2-10,13,21H,12H2,1H3,(H,22,23)/p+1/t13-/m1/s1.